The van der Waals surface area contributed by atoms with Crippen LogP contribution < -0.4 is 16.4 Å². The molecule has 0 aromatic rings. The third-order valence-corrected chi connectivity index (χ3v) is 3.91. The second-order valence-electron chi connectivity index (χ2n) is 5.48. The summed E-state index contributed by atoms with van der Waals surface area (Å²) in [5, 5.41) is 5.53. The van der Waals surface area contributed by atoms with Gasteiger partial charge in [-0.15, -0.1) is 0 Å². The molecule has 0 aliphatic heterocycles. The maximum atomic E-state index is 12.1. The fourth-order valence-electron chi connectivity index (χ4n) is 2.56. The smallest absolute Gasteiger partial charge is 0.224 e. The number of hydrogen-bond donors (Lipinski definition) is 3. The Kier molecular flexibility index (Phi) is 7.54. The van der Waals surface area contributed by atoms with Gasteiger partial charge in [0, 0.05) is 32.7 Å². The van der Waals surface area contributed by atoms with Gasteiger partial charge in [-0.1, -0.05) is 13.3 Å². The van der Waals surface area contributed by atoms with Gasteiger partial charge in [0.25, 0.3) is 0 Å². The highest BCUT2D eigenvalue weighted by Crippen LogP contribution is 2.27. The van der Waals surface area contributed by atoms with Crippen LogP contribution in [0.3, 0.4) is 0 Å². The number of ether oxygens (including phenoxy) is 1. The molecule has 4 N–H and O–H groups in total. The fourth-order valence-corrected chi connectivity index (χ4v) is 2.56. The first-order valence-electron chi connectivity index (χ1n) is 7.35. The summed E-state index contributed by atoms with van der Waals surface area (Å²) in [5.74, 6) is 0.171. The van der Waals surface area contributed by atoms with Crippen molar-refractivity contribution in [2.24, 2.45) is 17.6 Å². The van der Waals surface area contributed by atoms with Crippen molar-refractivity contribution in [2.75, 3.05) is 26.8 Å². The Hall–Kier alpha value is -1.14. The molecule has 1 rings (SSSR count). The molecule has 1 saturated carbocycles. The SMILES string of the molecule is COCCNC(=O)CCNC(=O)C1CCCC(C)C1N. The minimum Gasteiger partial charge on any atom is -0.383 e. The van der Waals surface area contributed by atoms with Gasteiger partial charge in [0.05, 0.1) is 12.5 Å². The molecule has 20 heavy (non-hydrogen) atoms. The number of carbonyl (C=O) groups is 2. The maximum absolute atomic E-state index is 12.1. The standard InChI is InChI=1S/C14H27N3O3/c1-10-4-3-5-11(13(10)15)14(19)17-7-6-12(18)16-8-9-20-2/h10-11,13H,3-9,15H2,1-2H3,(H,16,18)(H,17,19). The molecule has 1 fully saturated rings. The lowest BCUT2D eigenvalue weighted by molar-refractivity contribution is -0.127. The summed E-state index contributed by atoms with van der Waals surface area (Å²) in [7, 11) is 1.58. The number of amides is 2. The molecule has 0 spiro atoms. The Morgan fingerprint density at radius 3 is 2.70 bits per heavy atom. The second-order valence-corrected chi connectivity index (χ2v) is 5.48. The molecule has 0 bridgehead atoms. The summed E-state index contributed by atoms with van der Waals surface area (Å²) in [6.07, 6.45) is 3.27. The van der Waals surface area contributed by atoms with Gasteiger partial charge in [0.1, 0.15) is 0 Å². The first-order chi connectivity index (χ1) is 9.56. The lowest BCUT2D eigenvalue weighted by Gasteiger charge is -2.32. The van der Waals surface area contributed by atoms with Crippen LogP contribution in [0, 0.1) is 11.8 Å². The van der Waals surface area contributed by atoms with E-state index in [9.17, 15) is 9.59 Å². The van der Waals surface area contributed by atoms with Crippen LogP contribution >= 0.6 is 0 Å². The lowest BCUT2D eigenvalue weighted by atomic mass is 9.78. The highest BCUT2D eigenvalue weighted by Gasteiger charge is 2.32. The lowest BCUT2D eigenvalue weighted by Crippen LogP contribution is -2.47. The average molecular weight is 285 g/mol. The van der Waals surface area contributed by atoms with E-state index < -0.39 is 0 Å². The van der Waals surface area contributed by atoms with Crippen molar-refractivity contribution in [3.05, 3.63) is 0 Å². The molecule has 1 aliphatic carbocycles. The quantitative estimate of drug-likeness (QED) is 0.575. The van der Waals surface area contributed by atoms with Crippen LogP contribution in [-0.4, -0.2) is 44.7 Å². The van der Waals surface area contributed by atoms with Crippen LogP contribution in [0.1, 0.15) is 32.6 Å². The van der Waals surface area contributed by atoms with Crippen LogP contribution in [0.15, 0.2) is 0 Å². The summed E-state index contributed by atoms with van der Waals surface area (Å²) in [6.45, 7) is 3.43. The molecule has 6 heteroatoms. The number of carbonyl (C=O) groups excluding carboxylic acids is 2. The number of nitrogens with one attached hydrogen (secondary N) is 2. The van der Waals surface area contributed by atoms with E-state index in [1.165, 1.54) is 0 Å². The van der Waals surface area contributed by atoms with Crippen LogP contribution in [0.2, 0.25) is 0 Å². The average Bonchev–Trinajstić information content (AvgIpc) is 2.42. The van der Waals surface area contributed by atoms with Crippen LogP contribution in [0.4, 0.5) is 0 Å². The molecular formula is C14H27N3O3. The van der Waals surface area contributed by atoms with E-state index in [1.807, 2.05) is 0 Å². The summed E-state index contributed by atoms with van der Waals surface area (Å²) >= 11 is 0. The van der Waals surface area contributed by atoms with Crippen LogP contribution in [0.5, 0.6) is 0 Å². The van der Waals surface area contributed by atoms with Gasteiger partial charge in [-0.2, -0.15) is 0 Å². The Morgan fingerprint density at radius 1 is 1.25 bits per heavy atom. The number of hydrogen-bond acceptors (Lipinski definition) is 4. The molecule has 6 nitrogen and oxygen atoms in total. The number of nitrogens with two attached hydrogens (primary N) is 1. The van der Waals surface area contributed by atoms with Crippen LogP contribution in [0.25, 0.3) is 0 Å². The number of rotatable bonds is 7. The van der Waals surface area contributed by atoms with Gasteiger partial charge in [-0.3, -0.25) is 9.59 Å². The van der Waals surface area contributed by atoms with Gasteiger partial charge in [-0.05, 0) is 18.8 Å². The third kappa shape index (κ3) is 5.46. The van der Waals surface area contributed by atoms with Gasteiger partial charge in [0.2, 0.25) is 11.8 Å². The Bertz CT molecular complexity index is 323. The van der Waals surface area contributed by atoms with E-state index in [4.69, 9.17) is 10.5 Å². The monoisotopic (exact) mass is 285 g/mol. The molecule has 3 atom stereocenters. The van der Waals surface area contributed by atoms with Crippen molar-refractivity contribution in [1.82, 2.24) is 10.6 Å². The molecule has 0 radical (unpaired) electrons. The zero-order chi connectivity index (χ0) is 15.0. The Balaban J connectivity index is 2.21. The molecule has 0 heterocycles. The van der Waals surface area contributed by atoms with Crippen molar-refractivity contribution in [2.45, 2.75) is 38.6 Å². The molecule has 116 valence electrons. The minimum atomic E-state index is -0.115. The van der Waals surface area contributed by atoms with Crippen LogP contribution in [-0.2, 0) is 14.3 Å². The van der Waals surface area contributed by atoms with E-state index in [2.05, 4.69) is 17.6 Å². The van der Waals surface area contributed by atoms with Crippen molar-refractivity contribution in [3.63, 3.8) is 0 Å². The van der Waals surface area contributed by atoms with E-state index in [0.717, 1.165) is 19.3 Å². The summed E-state index contributed by atoms with van der Waals surface area (Å²) < 4.78 is 4.84. The van der Waals surface area contributed by atoms with Gasteiger partial charge >= 0.3 is 0 Å². The molecule has 1 aliphatic rings. The van der Waals surface area contributed by atoms with Crippen molar-refractivity contribution in [1.29, 1.82) is 0 Å². The predicted molar refractivity (Wildman–Crippen MR) is 77.0 cm³/mol. The Morgan fingerprint density at radius 2 is 2.00 bits per heavy atom. The van der Waals surface area contributed by atoms with Gasteiger partial charge < -0.3 is 21.1 Å². The normalized spacial score (nSPS) is 26.1. The molecule has 3 unspecified atom stereocenters. The first kappa shape index (κ1) is 16.9. The molecular weight excluding hydrogens is 258 g/mol. The second kappa shape index (κ2) is 8.92. The third-order valence-electron chi connectivity index (χ3n) is 3.91. The van der Waals surface area contributed by atoms with E-state index in [1.54, 1.807) is 7.11 Å². The summed E-state index contributed by atoms with van der Waals surface area (Å²) in [5.41, 5.74) is 6.08. The first-order valence-corrected chi connectivity index (χ1v) is 7.35. The molecule has 0 saturated heterocycles. The van der Waals surface area contributed by atoms with Crippen molar-refractivity contribution in [3.8, 4) is 0 Å². The predicted octanol–water partition coefficient (Wildman–Crippen LogP) is 0.0188. The summed E-state index contributed by atoms with van der Waals surface area (Å²) in [6, 6.07) is -0.0701. The number of methoxy groups -OCH3 is 1. The Labute approximate surface area is 120 Å². The largest absolute Gasteiger partial charge is 0.383 e. The minimum absolute atomic E-state index is 0.0197. The molecule has 0 aromatic heterocycles. The highest BCUT2D eigenvalue weighted by atomic mass is 16.5. The molecule has 0 aromatic carbocycles. The highest BCUT2D eigenvalue weighted by molar-refractivity contribution is 5.81. The summed E-state index contributed by atoms with van der Waals surface area (Å²) in [4.78, 5) is 23.5. The molecule has 2 amide bonds. The maximum Gasteiger partial charge on any atom is 0.224 e. The topological polar surface area (TPSA) is 93.5 Å². The van der Waals surface area contributed by atoms with E-state index in [-0.39, 0.29) is 30.2 Å². The fraction of sp³-hybridized carbons (Fsp3) is 0.857. The van der Waals surface area contributed by atoms with Crippen molar-refractivity contribution < 1.29 is 14.3 Å². The van der Waals surface area contributed by atoms with Gasteiger partial charge in [-0.25, -0.2) is 0 Å². The zero-order valence-corrected chi connectivity index (χ0v) is 12.5. The van der Waals surface area contributed by atoms with E-state index >= 15 is 0 Å². The van der Waals surface area contributed by atoms with Crippen molar-refractivity contribution >= 4 is 11.8 Å². The zero-order valence-electron chi connectivity index (χ0n) is 12.5. The van der Waals surface area contributed by atoms with E-state index in [0.29, 0.717) is 25.6 Å². The van der Waals surface area contributed by atoms with Gasteiger partial charge in [0.15, 0.2) is 0 Å².